The van der Waals surface area contributed by atoms with E-state index in [9.17, 15) is 22.4 Å². The fraction of sp³-hybridized carbons (Fsp3) is 0.310. The van der Waals surface area contributed by atoms with Crippen LogP contribution >= 0.6 is 0 Å². The molecular weight excluding hydrogens is 505 g/mol. The summed E-state index contributed by atoms with van der Waals surface area (Å²) in [4.78, 5) is 27.9. The van der Waals surface area contributed by atoms with Crippen molar-refractivity contribution in [2.75, 3.05) is 17.4 Å². The lowest BCUT2D eigenvalue weighted by Gasteiger charge is -2.32. The first-order valence-electron chi connectivity index (χ1n) is 12.7. The van der Waals surface area contributed by atoms with Crippen LogP contribution in [-0.2, 0) is 32.6 Å². The Kier molecular flexibility index (Phi) is 10.0. The van der Waals surface area contributed by atoms with Crippen LogP contribution in [0.5, 0.6) is 0 Å². The molecule has 3 aromatic rings. The molecule has 3 aromatic carbocycles. The molecular formula is C29H34FN3O4S. The Labute approximate surface area is 224 Å². The molecule has 0 radical (unpaired) electrons. The van der Waals surface area contributed by atoms with Crippen molar-refractivity contribution >= 4 is 27.5 Å². The number of halogens is 1. The molecule has 0 aliphatic rings. The van der Waals surface area contributed by atoms with Crippen LogP contribution in [0.2, 0.25) is 0 Å². The Balaban J connectivity index is 2.02. The van der Waals surface area contributed by atoms with Gasteiger partial charge in [0, 0.05) is 18.7 Å². The Morgan fingerprint density at radius 2 is 1.55 bits per heavy atom. The van der Waals surface area contributed by atoms with Gasteiger partial charge in [-0.15, -0.1) is 0 Å². The number of hydrogen-bond acceptors (Lipinski definition) is 4. The highest BCUT2D eigenvalue weighted by Crippen LogP contribution is 2.25. The van der Waals surface area contributed by atoms with Crippen LogP contribution in [0.4, 0.5) is 10.1 Å². The molecule has 202 valence electrons. The number of nitrogens with one attached hydrogen (secondary N) is 1. The number of amides is 2. The summed E-state index contributed by atoms with van der Waals surface area (Å²) in [6, 6.07) is 19.8. The van der Waals surface area contributed by atoms with Crippen LogP contribution in [0.15, 0.2) is 83.8 Å². The second-order valence-electron chi connectivity index (χ2n) is 8.92. The smallest absolute Gasteiger partial charge is 0.264 e. The maximum Gasteiger partial charge on any atom is 0.264 e. The third-order valence-electron chi connectivity index (χ3n) is 6.26. The van der Waals surface area contributed by atoms with E-state index in [1.54, 1.807) is 43.3 Å². The van der Waals surface area contributed by atoms with Gasteiger partial charge in [-0.3, -0.25) is 13.9 Å². The summed E-state index contributed by atoms with van der Waals surface area (Å²) < 4.78 is 43.0. The Bertz CT molecular complexity index is 1330. The fourth-order valence-corrected chi connectivity index (χ4v) is 5.37. The van der Waals surface area contributed by atoms with E-state index in [-0.39, 0.29) is 17.0 Å². The van der Waals surface area contributed by atoms with Crippen molar-refractivity contribution < 1.29 is 22.4 Å². The summed E-state index contributed by atoms with van der Waals surface area (Å²) in [6.45, 7) is 5.10. The summed E-state index contributed by atoms with van der Waals surface area (Å²) in [5.74, 6) is -1.55. The van der Waals surface area contributed by atoms with Crippen LogP contribution in [-0.4, -0.2) is 44.3 Å². The number of rotatable bonds is 12. The Morgan fingerprint density at radius 3 is 2.16 bits per heavy atom. The van der Waals surface area contributed by atoms with Gasteiger partial charge in [0.15, 0.2) is 0 Å². The number of aryl methyl sites for hydroxylation is 1. The van der Waals surface area contributed by atoms with E-state index in [2.05, 4.69) is 5.32 Å². The van der Waals surface area contributed by atoms with Gasteiger partial charge in [0.05, 0.1) is 10.6 Å². The maximum atomic E-state index is 14.5. The van der Waals surface area contributed by atoms with Gasteiger partial charge in [0.25, 0.3) is 10.0 Å². The number of benzene rings is 3. The van der Waals surface area contributed by atoms with Crippen molar-refractivity contribution in [1.82, 2.24) is 10.2 Å². The van der Waals surface area contributed by atoms with Crippen LogP contribution < -0.4 is 9.62 Å². The van der Waals surface area contributed by atoms with E-state index in [4.69, 9.17) is 0 Å². The minimum atomic E-state index is -4.13. The number of nitrogens with zero attached hydrogens (tertiary/aromatic N) is 2. The number of anilines is 1. The highest BCUT2D eigenvalue weighted by Gasteiger charge is 2.32. The zero-order valence-corrected chi connectivity index (χ0v) is 22.7. The van der Waals surface area contributed by atoms with Gasteiger partial charge in [-0.05, 0) is 55.7 Å². The zero-order chi connectivity index (χ0) is 27.7. The quantitative estimate of drug-likeness (QED) is 0.367. The molecule has 1 N–H and O–H groups in total. The first kappa shape index (κ1) is 28.8. The number of sulfonamides is 1. The minimum absolute atomic E-state index is 0.0294. The molecule has 0 fully saturated rings. The predicted molar refractivity (Wildman–Crippen MR) is 147 cm³/mol. The molecule has 0 aromatic heterocycles. The van der Waals surface area contributed by atoms with E-state index in [1.807, 2.05) is 26.0 Å². The normalized spacial score (nSPS) is 12.0. The third kappa shape index (κ3) is 6.98. The van der Waals surface area contributed by atoms with Crippen LogP contribution in [0.1, 0.15) is 38.3 Å². The average Bonchev–Trinajstić information content (AvgIpc) is 2.94. The van der Waals surface area contributed by atoms with E-state index >= 15 is 0 Å². The summed E-state index contributed by atoms with van der Waals surface area (Å²) in [6.07, 6.45) is 1.47. The molecule has 1 atom stereocenters. The third-order valence-corrected chi connectivity index (χ3v) is 8.05. The fourth-order valence-electron chi connectivity index (χ4n) is 3.94. The van der Waals surface area contributed by atoms with E-state index in [0.29, 0.717) is 18.7 Å². The van der Waals surface area contributed by atoms with Crippen molar-refractivity contribution in [2.45, 2.75) is 51.1 Å². The average molecular weight is 540 g/mol. The molecule has 0 bridgehead atoms. The molecule has 0 aliphatic heterocycles. The topological polar surface area (TPSA) is 86.8 Å². The SMILES string of the molecule is CCCNC(=O)C(C)N(Cc1ccccc1F)C(=O)CN(c1ccc(CC)cc1)S(=O)(=O)c1ccccc1. The van der Waals surface area contributed by atoms with Gasteiger partial charge in [-0.2, -0.15) is 0 Å². The van der Waals surface area contributed by atoms with Gasteiger partial charge in [0.1, 0.15) is 18.4 Å². The molecule has 2 amide bonds. The largest absolute Gasteiger partial charge is 0.354 e. The highest BCUT2D eigenvalue weighted by atomic mass is 32.2. The van der Waals surface area contributed by atoms with Crippen molar-refractivity contribution in [1.29, 1.82) is 0 Å². The lowest BCUT2D eigenvalue weighted by atomic mass is 10.1. The second-order valence-corrected chi connectivity index (χ2v) is 10.8. The second kappa shape index (κ2) is 13.2. The predicted octanol–water partition coefficient (Wildman–Crippen LogP) is 4.53. The molecule has 0 saturated carbocycles. The van der Waals surface area contributed by atoms with Crippen molar-refractivity contribution in [3.8, 4) is 0 Å². The number of carbonyl (C=O) groups excluding carboxylic acids is 2. The van der Waals surface area contributed by atoms with Gasteiger partial charge in [-0.25, -0.2) is 12.8 Å². The molecule has 0 saturated heterocycles. The van der Waals surface area contributed by atoms with E-state index < -0.39 is 40.2 Å². The molecule has 38 heavy (non-hydrogen) atoms. The van der Waals surface area contributed by atoms with E-state index in [1.165, 1.54) is 35.2 Å². The molecule has 0 heterocycles. The molecule has 9 heteroatoms. The Hall–Kier alpha value is -3.72. The van der Waals surface area contributed by atoms with Gasteiger partial charge < -0.3 is 10.2 Å². The minimum Gasteiger partial charge on any atom is -0.354 e. The zero-order valence-electron chi connectivity index (χ0n) is 21.9. The Morgan fingerprint density at radius 1 is 0.921 bits per heavy atom. The van der Waals surface area contributed by atoms with Gasteiger partial charge in [0.2, 0.25) is 11.8 Å². The first-order chi connectivity index (χ1) is 18.2. The van der Waals surface area contributed by atoms with Crippen LogP contribution in [0.25, 0.3) is 0 Å². The summed E-state index contributed by atoms with van der Waals surface area (Å²) in [5, 5.41) is 2.76. The maximum absolute atomic E-state index is 14.5. The van der Waals surface area contributed by atoms with Crippen LogP contribution in [0.3, 0.4) is 0 Å². The molecule has 1 unspecified atom stereocenters. The lowest BCUT2D eigenvalue weighted by Crippen LogP contribution is -2.51. The summed E-state index contributed by atoms with van der Waals surface area (Å²) >= 11 is 0. The summed E-state index contributed by atoms with van der Waals surface area (Å²) in [7, 11) is -4.13. The molecule has 0 spiro atoms. The van der Waals surface area contributed by atoms with Crippen LogP contribution in [0, 0.1) is 5.82 Å². The van der Waals surface area contributed by atoms with E-state index in [0.717, 1.165) is 16.3 Å². The van der Waals surface area contributed by atoms with Gasteiger partial charge >= 0.3 is 0 Å². The number of hydrogen-bond donors (Lipinski definition) is 1. The molecule has 0 aliphatic carbocycles. The monoisotopic (exact) mass is 539 g/mol. The lowest BCUT2D eigenvalue weighted by molar-refractivity contribution is -0.139. The van der Waals surface area contributed by atoms with Crippen molar-refractivity contribution in [2.24, 2.45) is 0 Å². The van der Waals surface area contributed by atoms with Gasteiger partial charge in [-0.1, -0.05) is 62.4 Å². The molecule has 3 rings (SSSR count). The first-order valence-corrected chi connectivity index (χ1v) is 14.1. The van der Waals surface area contributed by atoms with Crippen molar-refractivity contribution in [3.05, 3.63) is 95.8 Å². The molecule has 7 nitrogen and oxygen atoms in total. The summed E-state index contributed by atoms with van der Waals surface area (Å²) in [5.41, 5.74) is 1.55. The highest BCUT2D eigenvalue weighted by molar-refractivity contribution is 7.92. The van der Waals surface area contributed by atoms with Crippen molar-refractivity contribution in [3.63, 3.8) is 0 Å². The standard InChI is InChI=1S/C29H34FN3O4S/c1-4-19-31-29(35)22(3)32(20-24-11-9-10-14-27(24)30)28(34)21-33(25-17-15-23(5-2)16-18-25)38(36,37)26-12-7-6-8-13-26/h6-18,22H,4-5,19-21H2,1-3H3,(H,31,35). The number of carbonyl (C=O) groups is 2.